The summed E-state index contributed by atoms with van der Waals surface area (Å²) in [7, 11) is 3.65. The minimum atomic E-state index is 0.131. The second-order valence-electron chi connectivity index (χ2n) is 8.64. The number of morpholine rings is 1. The van der Waals surface area contributed by atoms with Crippen molar-refractivity contribution in [1.29, 1.82) is 0 Å². The van der Waals surface area contributed by atoms with E-state index in [2.05, 4.69) is 25.8 Å². The number of thiophene rings is 1. The predicted octanol–water partition coefficient (Wildman–Crippen LogP) is 2.23. The van der Waals surface area contributed by atoms with Gasteiger partial charge in [0.05, 0.1) is 23.4 Å². The topological polar surface area (TPSA) is 65.0 Å². The highest BCUT2D eigenvalue weighted by Gasteiger charge is 2.41. The zero-order chi connectivity index (χ0) is 20.8. The molecular weight excluding hydrogens is 424 g/mol. The quantitative estimate of drug-likeness (QED) is 0.668. The third kappa shape index (κ3) is 3.84. The molecule has 0 saturated carbocycles. The van der Waals surface area contributed by atoms with Crippen LogP contribution in [0.4, 0.5) is 10.6 Å². The van der Waals surface area contributed by atoms with Gasteiger partial charge in [0.2, 0.25) is 5.28 Å². The van der Waals surface area contributed by atoms with Gasteiger partial charge in [0.25, 0.3) is 0 Å². The lowest BCUT2D eigenvalue weighted by molar-refractivity contribution is 0.122. The monoisotopic (exact) mass is 450 g/mol. The summed E-state index contributed by atoms with van der Waals surface area (Å²) in [6, 6.07) is 2.29. The minimum Gasteiger partial charge on any atom is -0.378 e. The molecule has 2 unspecified atom stereocenters. The summed E-state index contributed by atoms with van der Waals surface area (Å²) in [5, 5.41) is 0.301. The Morgan fingerprint density at radius 2 is 1.90 bits per heavy atom. The van der Waals surface area contributed by atoms with Crippen molar-refractivity contribution in [1.82, 2.24) is 24.7 Å². The molecule has 2 amide bonds. The van der Waals surface area contributed by atoms with Crippen LogP contribution in [0.2, 0.25) is 5.28 Å². The summed E-state index contributed by atoms with van der Waals surface area (Å²) in [5.74, 6) is 2.07. The van der Waals surface area contributed by atoms with Gasteiger partial charge in [-0.2, -0.15) is 4.98 Å². The molecule has 8 nitrogen and oxygen atoms in total. The lowest BCUT2D eigenvalue weighted by atomic mass is 10.0. The van der Waals surface area contributed by atoms with E-state index in [1.807, 2.05) is 19.0 Å². The van der Waals surface area contributed by atoms with E-state index in [9.17, 15) is 4.79 Å². The molecule has 3 fully saturated rings. The van der Waals surface area contributed by atoms with Gasteiger partial charge in [-0.1, -0.05) is 0 Å². The summed E-state index contributed by atoms with van der Waals surface area (Å²) in [5.41, 5.74) is 0.929. The average molecular weight is 451 g/mol. The highest BCUT2D eigenvalue weighted by molar-refractivity contribution is 7.19. The number of carbonyl (C=O) groups excluding carboxylic acids is 1. The molecule has 2 aromatic heterocycles. The average Bonchev–Trinajstić information content (AvgIpc) is 3.40. The second kappa shape index (κ2) is 8.11. The smallest absolute Gasteiger partial charge is 0.319 e. The van der Waals surface area contributed by atoms with Crippen molar-refractivity contribution in [3.05, 3.63) is 16.2 Å². The third-order valence-corrected chi connectivity index (χ3v) is 7.56. The maximum Gasteiger partial charge on any atom is 0.319 e. The number of rotatable bonds is 3. The van der Waals surface area contributed by atoms with Crippen molar-refractivity contribution in [3.63, 3.8) is 0 Å². The summed E-state index contributed by atoms with van der Waals surface area (Å²) in [6.45, 7) is 7.81. The molecule has 2 atom stereocenters. The van der Waals surface area contributed by atoms with Crippen LogP contribution in [-0.4, -0.2) is 97.3 Å². The highest BCUT2D eigenvalue weighted by atomic mass is 35.5. The number of urea groups is 1. The standard InChI is InChI=1S/C20H27ClN6O2S/c1-24(2)20(28)27-10-13-8-25(9-14(13)11-27)12-15-7-16-17(30-15)18(23-19(21)22-16)26-3-5-29-6-4-26/h7,13-14H,3-6,8-12H2,1-2H3. The molecule has 2 aromatic rings. The molecule has 0 bridgehead atoms. The number of nitrogens with zero attached hydrogens (tertiary/aromatic N) is 6. The van der Waals surface area contributed by atoms with Crippen molar-refractivity contribution in [3.8, 4) is 0 Å². The number of fused-ring (bicyclic) bond motifs is 2. The number of likely N-dealkylation sites (tertiary alicyclic amines) is 2. The Labute approximate surface area is 185 Å². The molecule has 0 radical (unpaired) electrons. The van der Waals surface area contributed by atoms with E-state index in [1.54, 1.807) is 16.2 Å². The van der Waals surface area contributed by atoms with Crippen LogP contribution in [0, 0.1) is 11.8 Å². The lowest BCUT2D eigenvalue weighted by Crippen LogP contribution is -2.39. The van der Waals surface area contributed by atoms with Crippen LogP contribution in [0.15, 0.2) is 6.07 Å². The molecule has 3 saturated heterocycles. The van der Waals surface area contributed by atoms with E-state index in [-0.39, 0.29) is 6.03 Å². The second-order valence-corrected chi connectivity index (χ2v) is 10.1. The first-order valence-corrected chi connectivity index (χ1v) is 11.6. The highest BCUT2D eigenvalue weighted by Crippen LogP contribution is 2.36. The number of anilines is 1. The molecule has 0 aromatic carbocycles. The Morgan fingerprint density at radius 3 is 2.57 bits per heavy atom. The van der Waals surface area contributed by atoms with Gasteiger partial charge in [0.15, 0.2) is 5.82 Å². The predicted molar refractivity (Wildman–Crippen MR) is 118 cm³/mol. The van der Waals surface area contributed by atoms with Gasteiger partial charge in [0.1, 0.15) is 0 Å². The first-order chi connectivity index (χ1) is 14.5. The molecule has 162 valence electrons. The summed E-state index contributed by atoms with van der Waals surface area (Å²) < 4.78 is 6.59. The van der Waals surface area contributed by atoms with Gasteiger partial charge in [0, 0.05) is 64.8 Å². The number of carbonyl (C=O) groups is 1. The number of hydrogen-bond donors (Lipinski definition) is 0. The van der Waals surface area contributed by atoms with E-state index in [4.69, 9.17) is 16.3 Å². The molecule has 3 aliphatic rings. The van der Waals surface area contributed by atoms with E-state index in [0.29, 0.717) is 30.3 Å². The van der Waals surface area contributed by atoms with Crippen LogP contribution in [0.1, 0.15) is 4.88 Å². The van der Waals surface area contributed by atoms with Crippen LogP contribution in [-0.2, 0) is 11.3 Å². The maximum absolute atomic E-state index is 12.2. The van der Waals surface area contributed by atoms with E-state index in [0.717, 1.165) is 61.8 Å². The molecule has 5 rings (SSSR count). The Bertz CT molecular complexity index is 933. The SMILES string of the molecule is CN(C)C(=O)N1CC2CN(Cc3cc4nc(Cl)nc(N5CCOCC5)c4s3)CC2C1. The number of ether oxygens (including phenoxy) is 1. The van der Waals surface area contributed by atoms with Gasteiger partial charge >= 0.3 is 6.03 Å². The first kappa shape index (κ1) is 20.2. The fraction of sp³-hybridized carbons (Fsp3) is 0.650. The van der Waals surface area contributed by atoms with E-state index in [1.165, 1.54) is 4.88 Å². The summed E-state index contributed by atoms with van der Waals surface area (Å²) in [6.07, 6.45) is 0. The van der Waals surface area contributed by atoms with Gasteiger partial charge < -0.3 is 19.4 Å². The third-order valence-electron chi connectivity index (χ3n) is 6.28. The maximum atomic E-state index is 12.2. The lowest BCUT2D eigenvalue weighted by Gasteiger charge is -2.28. The Morgan fingerprint density at radius 1 is 1.20 bits per heavy atom. The zero-order valence-electron chi connectivity index (χ0n) is 17.4. The van der Waals surface area contributed by atoms with Crippen LogP contribution in [0.5, 0.6) is 0 Å². The van der Waals surface area contributed by atoms with Crippen molar-refractivity contribution in [2.24, 2.45) is 11.8 Å². The van der Waals surface area contributed by atoms with E-state index < -0.39 is 0 Å². The number of halogens is 1. The Balaban J connectivity index is 1.29. The Kier molecular flexibility index (Phi) is 5.47. The van der Waals surface area contributed by atoms with Gasteiger partial charge in [-0.3, -0.25) is 4.90 Å². The molecule has 0 N–H and O–H groups in total. The number of amides is 2. The zero-order valence-corrected chi connectivity index (χ0v) is 19.0. The molecule has 3 aliphatic heterocycles. The van der Waals surface area contributed by atoms with Crippen LogP contribution in [0.25, 0.3) is 10.2 Å². The van der Waals surface area contributed by atoms with Crippen LogP contribution < -0.4 is 4.90 Å². The van der Waals surface area contributed by atoms with Gasteiger partial charge in [-0.25, -0.2) is 9.78 Å². The first-order valence-electron chi connectivity index (χ1n) is 10.4. The molecule has 30 heavy (non-hydrogen) atoms. The fourth-order valence-corrected chi connectivity index (χ4v) is 6.21. The van der Waals surface area contributed by atoms with Crippen molar-refractivity contribution < 1.29 is 9.53 Å². The number of hydrogen-bond acceptors (Lipinski definition) is 7. The molecule has 10 heteroatoms. The van der Waals surface area contributed by atoms with Crippen molar-refractivity contribution >= 4 is 45.0 Å². The molecular formula is C20H27ClN6O2S. The summed E-state index contributed by atoms with van der Waals surface area (Å²) >= 11 is 8.00. The van der Waals surface area contributed by atoms with Crippen LogP contribution in [0.3, 0.4) is 0 Å². The fourth-order valence-electron chi connectivity index (χ4n) is 4.88. The molecule has 5 heterocycles. The van der Waals surface area contributed by atoms with Crippen LogP contribution >= 0.6 is 22.9 Å². The number of aromatic nitrogens is 2. The minimum absolute atomic E-state index is 0.131. The Hall–Kier alpha value is -1.68. The van der Waals surface area contributed by atoms with Gasteiger partial charge in [-0.05, 0) is 29.5 Å². The van der Waals surface area contributed by atoms with Crippen molar-refractivity contribution in [2.75, 3.05) is 71.5 Å². The molecule has 0 spiro atoms. The largest absolute Gasteiger partial charge is 0.378 e. The van der Waals surface area contributed by atoms with Crippen molar-refractivity contribution in [2.45, 2.75) is 6.54 Å². The normalized spacial score (nSPS) is 24.6. The van der Waals surface area contributed by atoms with E-state index >= 15 is 0 Å². The molecule has 0 aliphatic carbocycles. The summed E-state index contributed by atoms with van der Waals surface area (Å²) in [4.78, 5) is 31.0. The van der Waals surface area contributed by atoms with Gasteiger partial charge in [-0.15, -0.1) is 11.3 Å².